The molecule has 0 saturated carbocycles. The monoisotopic (exact) mass is 565 g/mol. The number of likely N-dealkylation sites (N-methyl/N-ethyl adjacent to an activating group) is 1. The molecule has 10 nitrogen and oxygen atoms in total. The van der Waals surface area contributed by atoms with Gasteiger partial charge in [-0.1, -0.05) is 43.2 Å². The largest absolute Gasteiger partial charge is 0.506 e. The highest BCUT2D eigenvalue weighted by molar-refractivity contribution is 6.32. The molecule has 1 unspecified atom stereocenters. The number of hydrogen-bond donors (Lipinski definition) is 4. The van der Waals surface area contributed by atoms with E-state index < -0.39 is 54.5 Å². The van der Waals surface area contributed by atoms with Gasteiger partial charge in [0.05, 0.1) is 17.7 Å². The molecule has 1 aromatic rings. The SMILES string of the molecule is C/C1=C\[C@H](C)C[C@H](C)OC(=O)C(CO)NC(=O)[C@@H](Cc2ccc(O)c(Cl)c2)N(C)C(=O)[C@H](C)NC(=O)[C@@H](C)C1. The van der Waals surface area contributed by atoms with E-state index >= 15 is 0 Å². The number of benzene rings is 1. The Morgan fingerprint density at radius 3 is 2.36 bits per heavy atom. The molecule has 1 aromatic carbocycles. The highest BCUT2D eigenvalue weighted by Gasteiger charge is 2.34. The van der Waals surface area contributed by atoms with Gasteiger partial charge in [0.15, 0.2) is 6.04 Å². The number of cyclic esters (lactones) is 1. The van der Waals surface area contributed by atoms with Crippen LogP contribution in [0.5, 0.6) is 5.75 Å². The summed E-state index contributed by atoms with van der Waals surface area (Å²) in [7, 11) is 1.42. The predicted molar refractivity (Wildman–Crippen MR) is 147 cm³/mol. The number of ether oxygens (including phenoxy) is 1. The summed E-state index contributed by atoms with van der Waals surface area (Å²) in [6, 6.07) is 0.969. The maximum absolute atomic E-state index is 13.4. The summed E-state index contributed by atoms with van der Waals surface area (Å²) < 4.78 is 5.51. The van der Waals surface area contributed by atoms with E-state index in [9.17, 15) is 29.4 Å². The molecule has 0 aliphatic carbocycles. The minimum absolute atomic E-state index is 0.0176. The fourth-order valence-electron chi connectivity index (χ4n) is 4.68. The molecule has 3 amide bonds. The van der Waals surface area contributed by atoms with Crippen LogP contribution in [-0.4, -0.2) is 76.7 Å². The van der Waals surface area contributed by atoms with Crippen molar-refractivity contribution in [1.29, 1.82) is 0 Å². The van der Waals surface area contributed by atoms with Crippen LogP contribution in [0.1, 0.15) is 53.0 Å². The Morgan fingerprint density at radius 2 is 1.74 bits per heavy atom. The van der Waals surface area contributed by atoms with Crippen molar-refractivity contribution in [1.82, 2.24) is 15.5 Å². The van der Waals surface area contributed by atoms with E-state index in [-0.39, 0.29) is 29.0 Å². The summed E-state index contributed by atoms with van der Waals surface area (Å²) in [6.45, 7) is 8.24. The van der Waals surface area contributed by atoms with Crippen LogP contribution in [-0.2, 0) is 30.3 Å². The fourth-order valence-corrected chi connectivity index (χ4v) is 4.88. The lowest BCUT2D eigenvalue weighted by molar-refractivity contribution is -0.154. The molecule has 1 heterocycles. The summed E-state index contributed by atoms with van der Waals surface area (Å²) >= 11 is 6.04. The molecule has 11 heteroatoms. The maximum atomic E-state index is 13.4. The number of allylic oxidation sites excluding steroid dienone is 2. The lowest BCUT2D eigenvalue weighted by Gasteiger charge is -2.31. The molecule has 2 rings (SSSR count). The van der Waals surface area contributed by atoms with Crippen LogP contribution in [0, 0.1) is 11.8 Å². The third-order valence-corrected chi connectivity index (χ3v) is 7.04. The number of carbonyl (C=O) groups excluding carboxylic acids is 4. The van der Waals surface area contributed by atoms with Crippen LogP contribution in [0.15, 0.2) is 29.8 Å². The molecule has 1 aliphatic heterocycles. The fraction of sp³-hybridized carbons (Fsp3) is 0.571. The Balaban J connectivity index is 2.44. The zero-order chi connectivity index (χ0) is 29.4. The van der Waals surface area contributed by atoms with Crippen molar-refractivity contribution >= 4 is 35.3 Å². The van der Waals surface area contributed by atoms with E-state index in [0.717, 1.165) is 5.57 Å². The number of rotatable bonds is 3. The summed E-state index contributed by atoms with van der Waals surface area (Å²) in [5.41, 5.74) is 1.53. The van der Waals surface area contributed by atoms with Crippen molar-refractivity contribution < 1.29 is 34.1 Å². The van der Waals surface area contributed by atoms with Crippen molar-refractivity contribution in [2.24, 2.45) is 11.8 Å². The Kier molecular flexibility index (Phi) is 11.8. The predicted octanol–water partition coefficient (Wildman–Crippen LogP) is 2.34. The Labute approximate surface area is 234 Å². The number of phenols is 1. The summed E-state index contributed by atoms with van der Waals surface area (Å²) in [4.78, 5) is 53.6. The van der Waals surface area contributed by atoms with Crippen LogP contribution >= 0.6 is 11.6 Å². The number of phenolic OH excluding ortho intramolecular Hbond substituents is 1. The van der Waals surface area contributed by atoms with Crippen LogP contribution in [0.4, 0.5) is 0 Å². The smallest absolute Gasteiger partial charge is 0.331 e. The van der Waals surface area contributed by atoms with Gasteiger partial charge in [-0.25, -0.2) is 4.79 Å². The molecular weight excluding hydrogens is 526 g/mol. The molecule has 39 heavy (non-hydrogen) atoms. The quantitative estimate of drug-likeness (QED) is 0.325. The number of carbonyl (C=O) groups is 4. The maximum Gasteiger partial charge on any atom is 0.331 e. The third kappa shape index (κ3) is 9.25. The van der Waals surface area contributed by atoms with Gasteiger partial charge in [-0.15, -0.1) is 0 Å². The van der Waals surface area contributed by atoms with E-state index in [1.54, 1.807) is 19.9 Å². The van der Waals surface area contributed by atoms with Gasteiger partial charge in [-0.2, -0.15) is 0 Å². The Hall–Kier alpha value is -3.11. The first-order chi connectivity index (χ1) is 18.2. The lowest BCUT2D eigenvalue weighted by atomic mass is 9.95. The highest BCUT2D eigenvalue weighted by Crippen LogP contribution is 2.25. The second-order valence-corrected chi connectivity index (χ2v) is 10.9. The first kappa shape index (κ1) is 32.1. The molecule has 0 spiro atoms. The zero-order valence-corrected chi connectivity index (χ0v) is 24.1. The van der Waals surface area contributed by atoms with Crippen LogP contribution in [0.2, 0.25) is 5.02 Å². The first-order valence-electron chi connectivity index (χ1n) is 13.1. The van der Waals surface area contributed by atoms with Gasteiger partial charge in [-0.3, -0.25) is 14.4 Å². The van der Waals surface area contributed by atoms with Gasteiger partial charge >= 0.3 is 5.97 Å². The second kappa shape index (κ2) is 14.3. The number of amides is 3. The van der Waals surface area contributed by atoms with Crippen LogP contribution in [0.25, 0.3) is 0 Å². The van der Waals surface area contributed by atoms with E-state index in [1.807, 2.05) is 19.9 Å². The average molecular weight is 566 g/mol. The number of hydrogen-bond acceptors (Lipinski definition) is 7. The molecule has 6 atom stereocenters. The molecule has 0 radical (unpaired) electrons. The zero-order valence-electron chi connectivity index (χ0n) is 23.4. The van der Waals surface area contributed by atoms with Crippen LogP contribution in [0.3, 0.4) is 0 Å². The number of aromatic hydroxyl groups is 1. The normalized spacial score (nSPS) is 29.8. The van der Waals surface area contributed by atoms with Gasteiger partial charge in [0, 0.05) is 19.4 Å². The van der Waals surface area contributed by atoms with Gasteiger partial charge in [0.1, 0.15) is 17.8 Å². The molecule has 0 aromatic heterocycles. The number of aliphatic hydroxyl groups excluding tert-OH is 1. The van der Waals surface area contributed by atoms with Crippen molar-refractivity contribution in [2.45, 2.75) is 78.1 Å². The molecule has 4 N–H and O–H groups in total. The highest BCUT2D eigenvalue weighted by atomic mass is 35.5. The van der Waals surface area contributed by atoms with Crippen LogP contribution < -0.4 is 10.6 Å². The molecule has 0 saturated heterocycles. The van der Waals surface area contributed by atoms with E-state index in [2.05, 4.69) is 10.6 Å². The summed E-state index contributed by atoms with van der Waals surface area (Å²) in [5, 5.41) is 24.9. The topological polar surface area (TPSA) is 145 Å². The molecule has 216 valence electrons. The number of halogens is 1. The van der Waals surface area contributed by atoms with Gasteiger partial charge in [-0.05, 0) is 57.2 Å². The van der Waals surface area contributed by atoms with E-state index in [0.29, 0.717) is 18.4 Å². The molecular formula is C28H40ClN3O7. The Bertz CT molecular complexity index is 1090. The van der Waals surface area contributed by atoms with Gasteiger partial charge in [0.25, 0.3) is 0 Å². The summed E-state index contributed by atoms with van der Waals surface area (Å²) in [5.74, 6) is -2.81. The van der Waals surface area contributed by atoms with Gasteiger partial charge in [0.2, 0.25) is 17.7 Å². The van der Waals surface area contributed by atoms with E-state index in [1.165, 1.54) is 31.0 Å². The number of esters is 1. The van der Waals surface area contributed by atoms with Crippen molar-refractivity contribution in [3.8, 4) is 5.75 Å². The van der Waals surface area contributed by atoms with Crippen molar-refractivity contribution in [2.75, 3.05) is 13.7 Å². The Morgan fingerprint density at radius 1 is 1.08 bits per heavy atom. The lowest BCUT2D eigenvalue weighted by Crippen LogP contribution is -2.57. The number of nitrogens with one attached hydrogen (secondary N) is 2. The van der Waals surface area contributed by atoms with Gasteiger partial charge < -0.3 is 30.5 Å². The van der Waals surface area contributed by atoms with E-state index in [4.69, 9.17) is 16.3 Å². The third-order valence-electron chi connectivity index (χ3n) is 6.74. The first-order valence-corrected chi connectivity index (χ1v) is 13.4. The van der Waals surface area contributed by atoms with Crippen molar-refractivity contribution in [3.63, 3.8) is 0 Å². The molecule has 0 bridgehead atoms. The minimum Gasteiger partial charge on any atom is -0.506 e. The molecule has 0 fully saturated rings. The average Bonchev–Trinajstić information content (AvgIpc) is 2.85. The number of nitrogens with zero attached hydrogens (tertiary/aromatic N) is 1. The van der Waals surface area contributed by atoms with Crippen molar-refractivity contribution in [3.05, 3.63) is 40.4 Å². The molecule has 1 aliphatic rings. The summed E-state index contributed by atoms with van der Waals surface area (Å²) in [6.07, 6.45) is 2.50. The number of aliphatic hydroxyl groups is 1. The minimum atomic E-state index is -1.35. The standard InChI is InChI=1S/C28H40ClN3O7/c1-15-9-16(2)11-18(4)39-28(38)22(14-33)31-26(36)23(13-20-7-8-24(34)21(29)12-20)32(6)27(37)19(5)30-25(35)17(3)10-15/h7-9,12,16-19,22-23,33-34H,10-11,13-14H2,1-6H3,(H,30,35)(H,31,36)/b15-9+/t16-,17-,18-,19-,22?,23+/m0/s1. The second-order valence-electron chi connectivity index (χ2n) is 10.5.